The lowest BCUT2D eigenvalue weighted by Crippen LogP contribution is -2.61. The van der Waals surface area contributed by atoms with Gasteiger partial charge < -0.3 is 10.0 Å². The first kappa shape index (κ1) is 16.3. The van der Waals surface area contributed by atoms with Crippen molar-refractivity contribution in [2.24, 2.45) is 0 Å². The quantitative estimate of drug-likeness (QED) is 0.442. The Bertz CT molecular complexity index is 565. The lowest BCUT2D eigenvalue weighted by molar-refractivity contribution is -0.138. The molecule has 1 atom stereocenters. The summed E-state index contributed by atoms with van der Waals surface area (Å²) >= 11 is 0. The molecule has 0 aliphatic carbocycles. The second-order valence-corrected chi connectivity index (χ2v) is 4.53. The van der Waals surface area contributed by atoms with Gasteiger partial charge in [0.2, 0.25) is 11.8 Å². The summed E-state index contributed by atoms with van der Waals surface area (Å²) in [6.45, 7) is 3.51. The molecule has 0 radical (unpaired) electrons. The Morgan fingerprint density at radius 2 is 1.81 bits per heavy atom. The zero-order valence-electron chi connectivity index (χ0n) is 11.7. The standard InChI is InChI=1S/C12H15N3O6/c1-5(6(2)11(19)20)9(17)14-12(21)15-4-8(16)13-10(18)7(15)3/h7H,4H2,1-3H3,(H,19,20)(H,13,16,18)(H,14,17,21). The van der Waals surface area contributed by atoms with Crippen LogP contribution in [-0.2, 0) is 19.2 Å². The highest BCUT2D eigenvalue weighted by atomic mass is 16.4. The molecule has 1 rings (SSSR count). The number of nitrogens with one attached hydrogen (secondary N) is 2. The van der Waals surface area contributed by atoms with Crippen LogP contribution in [0.5, 0.6) is 0 Å². The van der Waals surface area contributed by atoms with Crippen LogP contribution in [-0.4, -0.2) is 52.3 Å². The molecule has 1 fully saturated rings. The van der Waals surface area contributed by atoms with E-state index >= 15 is 0 Å². The number of carboxylic acids is 1. The van der Waals surface area contributed by atoms with E-state index in [1.165, 1.54) is 20.8 Å². The Labute approximate surface area is 120 Å². The van der Waals surface area contributed by atoms with Crippen molar-refractivity contribution in [3.63, 3.8) is 0 Å². The van der Waals surface area contributed by atoms with Gasteiger partial charge in [0.25, 0.3) is 5.91 Å². The van der Waals surface area contributed by atoms with Crippen molar-refractivity contribution in [3.05, 3.63) is 11.1 Å². The second-order valence-electron chi connectivity index (χ2n) is 4.53. The molecule has 1 unspecified atom stereocenters. The van der Waals surface area contributed by atoms with Crippen molar-refractivity contribution >= 4 is 29.7 Å². The Hall–Kier alpha value is -2.71. The van der Waals surface area contributed by atoms with Gasteiger partial charge in [-0.2, -0.15) is 0 Å². The average Bonchev–Trinajstić information content (AvgIpc) is 2.40. The van der Waals surface area contributed by atoms with Crippen LogP contribution in [0.15, 0.2) is 11.1 Å². The fourth-order valence-electron chi connectivity index (χ4n) is 1.56. The summed E-state index contributed by atoms with van der Waals surface area (Å²) in [5.74, 6) is -3.49. The van der Waals surface area contributed by atoms with Gasteiger partial charge in [0.1, 0.15) is 12.6 Å². The minimum atomic E-state index is -1.28. The number of carbonyl (C=O) groups excluding carboxylic acids is 4. The number of piperazine rings is 1. The fourth-order valence-corrected chi connectivity index (χ4v) is 1.56. The van der Waals surface area contributed by atoms with E-state index in [9.17, 15) is 24.0 Å². The third kappa shape index (κ3) is 3.65. The van der Waals surface area contributed by atoms with Crippen molar-refractivity contribution in [2.75, 3.05) is 6.54 Å². The van der Waals surface area contributed by atoms with E-state index in [-0.39, 0.29) is 17.7 Å². The summed E-state index contributed by atoms with van der Waals surface area (Å²) in [7, 11) is 0. The van der Waals surface area contributed by atoms with E-state index in [1.54, 1.807) is 0 Å². The van der Waals surface area contributed by atoms with Gasteiger partial charge in [-0.25, -0.2) is 9.59 Å². The maximum Gasteiger partial charge on any atom is 0.331 e. The number of aliphatic carboxylic acids is 1. The van der Waals surface area contributed by atoms with Crippen LogP contribution in [0.1, 0.15) is 20.8 Å². The van der Waals surface area contributed by atoms with Crippen LogP contribution in [0.3, 0.4) is 0 Å². The molecule has 1 aliphatic heterocycles. The molecule has 3 N–H and O–H groups in total. The van der Waals surface area contributed by atoms with Crippen molar-refractivity contribution in [2.45, 2.75) is 26.8 Å². The van der Waals surface area contributed by atoms with Crippen LogP contribution in [0.2, 0.25) is 0 Å². The number of imide groups is 2. The summed E-state index contributed by atoms with van der Waals surface area (Å²) in [6.07, 6.45) is 0. The average molecular weight is 297 g/mol. The minimum Gasteiger partial charge on any atom is -0.478 e. The Morgan fingerprint density at radius 1 is 1.24 bits per heavy atom. The molecule has 0 spiro atoms. The molecule has 9 heteroatoms. The van der Waals surface area contributed by atoms with E-state index in [0.29, 0.717) is 0 Å². The van der Waals surface area contributed by atoms with Crippen molar-refractivity contribution < 1.29 is 29.1 Å². The summed E-state index contributed by atoms with van der Waals surface area (Å²) < 4.78 is 0. The zero-order valence-corrected chi connectivity index (χ0v) is 11.7. The molecule has 1 heterocycles. The molecule has 0 saturated carbocycles. The molecule has 1 saturated heterocycles. The van der Waals surface area contributed by atoms with E-state index in [1.807, 2.05) is 5.32 Å². The van der Waals surface area contributed by atoms with Gasteiger partial charge in [0, 0.05) is 11.1 Å². The molecule has 5 amide bonds. The van der Waals surface area contributed by atoms with Gasteiger partial charge in [-0.3, -0.25) is 25.0 Å². The number of urea groups is 1. The smallest absolute Gasteiger partial charge is 0.331 e. The molecule has 0 aromatic carbocycles. The van der Waals surface area contributed by atoms with Crippen molar-refractivity contribution in [1.82, 2.24) is 15.5 Å². The highest BCUT2D eigenvalue weighted by Gasteiger charge is 2.34. The largest absolute Gasteiger partial charge is 0.478 e. The van der Waals surface area contributed by atoms with Crippen LogP contribution in [0, 0.1) is 0 Å². The number of carbonyl (C=O) groups is 5. The van der Waals surface area contributed by atoms with Gasteiger partial charge in [-0.05, 0) is 20.8 Å². The molecule has 21 heavy (non-hydrogen) atoms. The van der Waals surface area contributed by atoms with Gasteiger partial charge in [-0.1, -0.05) is 0 Å². The number of rotatable bonds is 2. The Balaban J connectivity index is 2.84. The monoisotopic (exact) mass is 297 g/mol. The highest BCUT2D eigenvalue weighted by molar-refractivity contribution is 6.10. The number of carboxylic acid groups (broad SMARTS) is 1. The molecular formula is C12H15N3O6. The summed E-state index contributed by atoms with van der Waals surface area (Å²) in [5, 5.41) is 12.8. The number of amides is 5. The lowest BCUT2D eigenvalue weighted by Gasteiger charge is -2.31. The zero-order chi connectivity index (χ0) is 16.3. The van der Waals surface area contributed by atoms with Crippen LogP contribution in [0.4, 0.5) is 4.79 Å². The number of hydrogen-bond acceptors (Lipinski definition) is 5. The topological polar surface area (TPSA) is 133 Å². The van der Waals surface area contributed by atoms with Gasteiger partial charge >= 0.3 is 12.0 Å². The van der Waals surface area contributed by atoms with Crippen molar-refractivity contribution in [3.8, 4) is 0 Å². The van der Waals surface area contributed by atoms with E-state index < -0.39 is 35.8 Å². The fraction of sp³-hybridized carbons (Fsp3) is 0.417. The van der Waals surface area contributed by atoms with Crippen LogP contribution >= 0.6 is 0 Å². The van der Waals surface area contributed by atoms with Crippen LogP contribution in [0.25, 0.3) is 0 Å². The van der Waals surface area contributed by atoms with E-state index in [2.05, 4.69) is 5.32 Å². The first-order valence-corrected chi connectivity index (χ1v) is 6.01. The second kappa shape index (κ2) is 6.16. The van der Waals surface area contributed by atoms with Crippen molar-refractivity contribution in [1.29, 1.82) is 0 Å². The molecule has 9 nitrogen and oxygen atoms in total. The number of hydrogen-bond donors (Lipinski definition) is 3. The van der Waals surface area contributed by atoms with Gasteiger partial charge in [0.05, 0.1) is 0 Å². The minimum absolute atomic E-state index is 0.142. The lowest BCUT2D eigenvalue weighted by atomic mass is 10.1. The normalized spacial score (nSPS) is 19.6. The SMILES string of the molecule is CC(C(=O)O)=C(C)C(=O)NC(=O)N1CC(=O)NC(=O)C1C. The molecule has 114 valence electrons. The third-order valence-corrected chi connectivity index (χ3v) is 3.13. The summed E-state index contributed by atoms with van der Waals surface area (Å²) in [6, 6.07) is -1.85. The summed E-state index contributed by atoms with van der Waals surface area (Å²) in [5.41, 5.74) is -0.350. The number of nitrogens with zero attached hydrogens (tertiary/aromatic N) is 1. The molecule has 1 aliphatic rings. The van der Waals surface area contributed by atoms with Gasteiger partial charge in [-0.15, -0.1) is 0 Å². The first-order valence-electron chi connectivity index (χ1n) is 6.01. The molecule has 0 aromatic rings. The van der Waals surface area contributed by atoms with E-state index in [4.69, 9.17) is 5.11 Å². The molecule has 0 aromatic heterocycles. The first-order chi connectivity index (χ1) is 9.65. The predicted octanol–water partition coefficient (Wildman–Crippen LogP) is -1.01. The summed E-state index contributed by atoms with van der Waals surface area (Å²) in [4.78, 5) is 57.9. The van der Waals surface area contributed by atoms with E-state index in [0.717, 1.165) is 4.90 Å². The van der Waals surface area contributed by atoms with Gasteiger partial charge in [0.15, 0.2) is 0 Å². The predicted molar refractivity (Wildman–Crippen MR) is 68.9 cm³/mol. The van der Waals surface area contributed by atoms with Crippen LogP contribution < -0.4 is 10.6 Å². The maximum atomic E-state index is 11.9. The molecule has 0 bridgehead atoms. The molecular weight excluding hydrogens is 282 g/mol. The maximum absolute atomic E-state index is 11.9. The Kier molecular flexibility index (Phi) is 4.79. The Morgan fingerprint density at radius 3 is 2.33 bits per heavy atom. The highest BCUT2D eigenvalue weighted by Crippen LogP contribution is 2.07. The third-order valence-electron chi connectivity index (χ3n) is 3.13.